The molecule has 1 heterocycles. The van der Waals surface area contributed by atoms with Crippen LogP contribution in [0.5, 0.6) is 0 Å². The van der Waals surface area contributed by atoms with Crippen LogP contribution in [0.4, 0.5) is 0 Å². The summed E-state index contributed by atoms with van der Waals surface area (Å²) < 4.78 is 11.0. The summed E-state index contributed by atoms with van der Waals surface area (Å²) in [5.74, 6) is 0. The van der Waals surface area contributed by atoms with Crippen molar-refractivity contribution < 1.29 is 24.8 Å². The number of unbranched alkanes of at least 4 members (excludes halogenated alkanes) is 10. The molecule has 0 saturated carbocycles. The molecular formula is C22H42O5. The average molecular weight is 387 g/mol. The number of ether oxygens (including phenoxy) is 2. The Kier molecular flexibility index (Phi) is 15.0. The average Bonchev–Trinajstić information content (AvgIpc) is 3.00. The smallest absolute Gasteiger partial charge is 0.114 e. The largest absolute Gasteiger partial charge is 0.394 e. The van der Waals surface area contributed by atoms with Gasteiger partial charge in [-0.2, -0.15) is 0 Å². The van der Waals surface area contributed by atoms with E-state index in [0.29, 0.717) is 6.61 Å². The summed E-state index contributed by atoms with van der Waals surface area (Å²) >= 11 is 0. The number of hydrogen-bond acceptors (Lipinski definition) is 5. The molecule has 27 heavy (non-hydrogen) atoms. The number of aliphatic hydroxyl groups is 3. The quantitative estimate of drug-likeness (QED) is 0.262. The van der Waals surface area contributed by atoms with Crippen molar-refractivity contribution >= 4 is 0 Å². The molecule has 1 fully saturated rings. The molecule has 0 unspecified atom stereocenters. The van der Waals surface area contributed by atoms with Gasteiger partial charge in [0.05, 0.1) is 13.2 Å². The fourth-order valence-corrected chi connectivity index (χ4v) is 3.44. The first kappa shape index (κ1) is 24.6. The second kappa shape index (κ2) is 16.5. The fraction of sp³-hybridized carbons (Fsp3) is 0.909. The van der Waals surface area contributed by atoms with Crippen LogP contribution in [0.15, 0.2) is 12.2 Å². The molecule has 0 bridgehead atoms. The predicted molar refractivity (Wildman–Crippen MR) is 109 cm³/mol. The molecule has 0 aromatic heterocycles. The second-order valence-corrected chi connectivity index (χ2v) is 7.68. The fourth-order valence-electron chi connectivity index (χ4n) is 3.44. The lowest BCUT2D eigenvalue weighted by molar-refractivity contribution is -0.101. The van der Waals surface area contributed by atoms with Crippen LogP contribution in [0.1, 0.15) is 84.0 Å². The van der Waals surface area contributed by atoms with Crippen molar-refractivity contribution in [2.75, 3.05) is 19.8 Å². The highest BCUT2D eigenvalue weighted by Crippen LogP contribution is 2.20. The third-order valence-corrected chi connectivity index (χ3v) is 5.22. The van der Waals surface area contributed by atoms with Crippen LogP contribution in [0, 0.1) is 0 Å². The van der Waals surface area contributed by atoms with Gasteiger partial charge in [-0.1, -0.05) is 64.0 Å². The summed E-state index contributed by atoms with van der Waals surface area (Å²) in [6.07, 6.45) is 16.5. The monoisotopic (exact) mass is 386 g/mol. The highest BCUT2D eigenvalue weighted by atomic mass is 16.6. The van der Waals surface area contributed by atoms with Gasteiger partial charge in [-0.3, -0.25) is 0 Å². The standard InChI is InChI=1S/C22H42O5/c1-2-3-4-5-6-7-8-9-10-11-12-13-14-15-16-26-20(17-23)22-21(25)19(24)18-27-22/h7-8,19-25H,2-6,9-18H2,1H3/b8-7+/t19-,20+,21+,22+/m1/s1. The molecule has 1 aliphatic rings. The Labute approximate surface area is 165 Å². The lowest BCUT2D eigenvalue weighted by atomic mass is 10.1. The SMILES string of the molecule is CCCCCC/C=C/CCCCCCCCO[C@@H](CO)[C@@H]1OC[C@@H](O)[C@@H]1O. The van der Waals surface area contributed by atoms with Crippen LogP contribution in [0.3, 0.4) is 0 Å². The van der Waals surface area contributed by atoms with Crippen molar-refractivity contribution in [1.29, 1.82) is 0 Å². The molecule has 0 aliphatic carbocycles. The van der Waals surface area contributed by atoms with E-state index in [1.54, 1.807) is 0 Å². The Balaban J connectivity index is 1.89. The minimum atomic E-state index is -0.979. The van der Waals surface area contributed by atoms with Crippen LogP contribution in [-0.2, 0) is 9.47 Å². The second-order valence-electron chi connectivity index (χ2n) is 7.68. The van der Waals surface area contributed by atoms with Gasteiger partial charge in [0.1, 0.15) is 24.4 Å². The van der Waals surface area contributed by atoms with E-state index in [0.717, 1.165) is 12.8 Å². The maximum Gasteiger partial charge on any atom is 0.114 e. The van der Waals surface area contributed by atoms with Gasteiger partial charge in [-0.25, -0.2) is 0 Å². The molecule has 0 amide bonds. The third-order valence-electron chi connectivity index (χ3n) is 5.22. The zero-order chi connectivity index (χ0) is 19.7. The van der Waals surface area contributed by atoms with E-state index in [-0.39, 0.29) is 13.2 Å². The highest BCUT2D eigenvalue weighted by molar-refractivity contribution is 4.88. The number of rotatable bonds is 17. The van der Waals surface area contributed by atoms with E-state index in [1.165, 1.54) is 64.2 Å². The Hall–Kier alpha value is -0.460. The maximum atomic E-state index is 9.81. The molecule has 5 nitrogen and oxygen atoms in total. The molecule has 0 aromatic carbocycles. The zero-order valence-corrected chi connectivity index (χ0v) is 17.2. The summed E-state index contributed by atoms with van der Waals surface area (Å²) in [6.45, 7) is 2.69. The topological polar surface area (TPSA) is 79.2 Å². The number of hydrogen-bond donors (Lipinski definition) is 3. The molecule has 0 radical (unpaired) electrons. The van der Waals surface area contributed by atoms with Crippen molar-refractivity contribution in [1.82, 2.24) is 0 Å². The van der Waals surface area contributed by atoms with Crippen LogP contribution in [0.2, 0.25) is 0 Å². The molecule has 5 heteroatoms. The summed E-state index contributed by atoms with van der Waals surface area (Å²) in [7, 11) is 0. The Morgan fingerprint density at radius 1 is 0.926 bits per heavy atom. The molecule has 1 saturated heterocycles. The molecule has 1 aliphatic heterocycles. The summed E-state index contributed by atoms with van der Waals surface area (Å²) in [5, 5.41) is 28.7. The van der Waals surface area contributed by atoms with E-state index < -0.39 is 24.4 Å². The van der Waals surface area contributed by atoms with Crippen LogP contribution in [-0.4, -0.2) is 59.6 Å². The van der Waals surface area contributed by atoms with Gasteiger partial charge < -0.3 is 24.8 Å². The lowest BCUT2D eigenvalue weighted by Crippen LogP contribution is -2.42. The first-order chi connectivity index (χ1) is 13.2. The normalized spacial score (nSPS) is 24.1. The zero-order valence-electron chi connectivity index (χ0n) is 17.2. The Morgan fingerprint density at radius 2 is 1.52 bits per heavy atom. The van der Waals surface area contributed by atoms with Gasteiger partial charge >= 0.3 is 0 Å². The Bertz CT molecular complexity index is 361. The molecule has 0 aromatic rings. The van der Waals surface area contributed by atoms with Gasteiger partial charge in [0.2, 0.25) is 0 Å². The van der Waals surface area contributed by atoms with Gasteiger partial charge in [-0.15, -0.1) is 0 Å². The van der Waals surface area contributed by atoms with Crippen molar-refractivity contribution in [2.24, 2.45) is 0 Å². The summed E-state index contributed by atoms with van der Waals surface area (Å²) in [5.41, 5.74) is 0. The minimum Gasteiger partial charge on any atom is -0.394 e. The molecule has 0 spiro atoms. The highest BCUT2D eigenvalue weighted by Gasteiger charge is 2.40. The third kappa shape index (κ3) is 11.2. The van der Waals surface area contributed by atoms with Crippen molar-refractivity contribution in [3.05, 3.63) is 12.2 Å². The maximum absolute atomic E-state index is 9.81. The molecule has 160 valence electrons. The van der Waals surface area contributed by atoms with Gasteiger partial charge in [0.25, 0.3) is 0 Å². The van der Waals surface area contributed by atoms with Crippen LogP contribution < -0.4 is 0 Å². The first-order valence-corrected chi connectivity index (χ1v) is 11.1. The number of allylic oxidation sites excluding steroid dienone is 2. The minimum absolute atomic E-state index is 0.0970. The van der Waals surface area contributed by atoms with Crippen LogP contribution >= 0.6 is 0 Å². The predicted octanol–water partition coefficient (Wildman–Crippen LogP) is 3.74. The molecular weight excluding hydrogens is 344 g/mol. The van der Waals surface area contributed by atoms with Crippen molar-refractivity contribution in [2.45, 2.75) is 108 Å². The van der Waals surface area contributed by atoms with E-state index >= 15 is 0 Å². The first-order valence-electron chi connectivity index (χ1n) is 11.1. The Morgan fingerprint density at radius 3 is 2.07 bits per heavy atom. The van der Waals surface area contributed by atoms with E-state index in [2.05, 4.69) is 19.1 Å². The lowest BCUT2D eigenvalue weighted by Gasteiger charge is -2.24. The van der Waals surface area contributed by atoms with Gasteiger partial charge in [-0.05, 0) is 32.1 Å². The van der Waals surface area contributed by atoms with Gasteiger partial charge in [0, 0.05) is 6.61 Å². The van der Waals surface area contributed by atoms with E-state index in [9.17, 15) is 15.3 Å². The number of aliphatic hydroxyl groups excluding tert-OH is 3. The molecule has 4 atom stereocenters. The summed E-state index contributed by atoms with van der Waals surface area (Å²) in [6, 6.07) is 0. The van der Waals surface area contributed by atoms with E-state index in [1.807, 2.05) is 0 Å². The van der Waals surface area contributed by atoms with Crippen LogP contribution in [0.25, 0.3) is 0 Å². The molecule has 3 N–H and O–H groups in total. The van der Waals surface area contributed by atoms with Crippen molar-refractivity contribution in [3.63, 3.8) is 0 Å². The molecule has 1 rings (SSSR count). The van der Waals surface area contributed by atoms with Crippen molar-refractivity contribution in [3.8, 4) is 0 Å². The summed E-state index contributed by atoms with van der Waals surface area (Å²) in [4.78, 5) is 0. The van der Waals surface area contributed by atoms with Gasteiger partial charge in [0.15, 0.2) is 0 Å². The van der Waals surface area contributed by atoms with E-state index in [4.69, 9.17) is 9.47 Å².